The van der Waals surface area contributed by atoms with E-state index in [9.17, 15) is 15.3 Å². The Balaban J connectivity index is 1.60. The second-order valence-electron chi connectivity index (χ2n) is 6.49. The Morgan fingerprint density at radius 3 is 2.84 bits per heavy atom. The van der Waals surface area contributed by atoms with Crippen LogP contribution >= 0.6 is 50.6 Å². The number of thioether (sulfide) groups is 1. The second-order valence-corrected chi connectivity index (χ2v) is 9.76. The molecule has 1 fully saturated rings. The Morgan fingerprint density at radius 1 is 1.39 bits per heavy atom. The van der Waals surface area contributed by atoms with Gasteiger partial charge < -0.3 is 20.1 Å². The fourth-order valence-corrected chi connectivity index (χ4v) is 5.62. The van der Waals surface area contributed by atoms with Gasteiger partial charge in [0.2, 0.25) is 0 Å². The van der Waals surface area contributed by atoms with Gasteiger partial charge in [0, 0.05) is 16.5 Å². The molecule has 0 aromatic carbocycles. The van der Waals surface area contributed by atoms with Crippen LogP contribution in [-0.4, -0.2) is 70.6 Å². The number of rotatable bonds is 5. The lowest BCUT2D eigenvalue weighted by Gasteiger charge is -2.41. The lowest BCUT2D eigenvalue weighted by Crippen LogP contribution is -2.55. The molecule has 0 aliphatic carbocycles. The van der Waals surface area contributed by atoms with E-state index < -0.39 is 36.4 Å². The Bertz CT molecular complexity index is 1120. The van der Waals surface area contributed by atoms with E-state index in [0.717, 1.165) is 11.8 Å². The van der Waals surface area contributed by atoms with E-state index >= 15 is 0 Å². The summed E-state index contributed by atoms with van der Waals surface area (Å²) in [6, 6.07) is 2.70. The zero-order valence-corrected chi connectivity index (χ0v) is 19.4. The van der Waals surface area contributed by atoms with Gasteiger partial charge in [-0.1, -0.05) is 28.6 Å². The Kier molecular flexibility index (Phi) is 6.89. The van der Waals surface area contributed by atoms with Crippen LogP contribution < -0.4 is 0 Å². The van der Waals surface area contributed by atoms with Crippen LogP contribution in [0.1, 0.15) is 11.7 Å². The summed E-state index contributed by atoms with van der Waals surface area (Å²) in [6.07, 6.45) is -0.364. The smallest absolute Gasteiger partial charge is 0.154 e. The molecule has 0 radical (unpaired) electrons. The van der Waals surface area contributed by atoms with Crippen molar-refractivity contribution < 1.29 is 20.1 Å². The molecule has 3 aromatic rings. The predicted octanol–water partition coefficient (Wildman–Crippen LogP) is 1.86. The van der Waals surface area contributed by atoms with E-state index in [-0.39, 0.29) is 5.69 Å². The van der Waals surface area contributed by atoms with Gasteiger partial charge in [0.25, 0.3) is 0 Å². The zero-order valence-electron chi connectivity index (χ0n) is 15.4. The maximum Gasteiger partial charge on any atom is 0.154 e. The van der Waals surface area contributed by atoms with Gasteiger partial charge in [-0.2, -0.15) is 5.26 Å². The summed E-state index contributed by atoms with van der Waals surface area (Å²) >= 11 is 11.6. The van der Waals surface area contributed by atoms with E-state index in [1.165, 1.54) is 22.2 Å². The van der Waals surface area contributed by atoms with Crippen molar-refractivity contribution in [3.05, 3.63) is 39.2 Å². The van der Waals surface area contributed by atoms with Crippen LogP contribution in [0.15, 0.2) is 33.2 Å². The normalized spacial score (nSPS) is 26.0. The van der Waals surface area contributed by atoms with Crippen LogP contribution in [0.2, 0.25) is 5.15 Å². The Labute approximate surface area is 197 Å². The average Bonchev–Trinajstić information content (AvgIpc) is 3.39. The first-order chi connectivity index (χ1) is 14.9. The molecule has 3 N–H and O–H groups in total. The van der Waals surface area contributed by atoms with Crippen molar-refractivity contribution in [1.29, 1.82) is 5.26 Å². The van der Waals surface area contributed by atoms with Crippen LogP contribution in [0.25, 0.3) is 10.7 Å². The highest BCUT2D eigenvalue weighted by atomic mass is 79.9. The minimum atomic E-state index is -1.24. The maximum absolute atomic E-state index is 11.0. The summed E-state index contributed by atoms with van der Waals surface area (Å²) in [4.78, 5) is 8.81. The number of hydrogen-bond acceptors (Lipinski definition) is 11. The molecular formula is C17H14BrClN6O4S2. The molecule has 4 rings (SSSR count). The third-order valence-electron chi connectivity index (χ3n) is 4.53. The van der Waals surface area contributed by atoms with Crippen molar-refractivity contribution in [2.45, 2.75) is 34.7 Å². The fourth-order valence-electron chi connectivity index (χ4n) is 3.07. The van der Waals surface area contributed by atoms with Crippen LogP contribution in [-0.2, 0) is 4.74 Å². The minimum absolute atomic E-state index is 0.230. The SMILES string of the molecule is N#Cc1ncc(S[C@H]2OC(CO)[C@H](O)C(n3cc(-c4nc(Cl)cs4)nn3)C2O)cc1Br. The Morgan fingerprint density at radius 2 is 2.19 bits per heavy atom. The van der Waals surface area contributed by atoms with Gasteiger partial charge in [0.1, 0.15) is 51.7 Å². The second kappa shape index (κ2) is 9.47. The summed E-state index contributed by atoms with van der Waals surface area (Å²) < 4.78 is 7.56. The van der Waals surface area contributed by atoms with Crippen LogP contribution in [0.3, 0.4) is 0 Å². The van der Waals surface area contributed by atoms with Gasteiger partial charge in [0.15, 0.2) is 5.69 Å². The van der Waals surface area contributed by atoms with Crippen molar-refractivity contribution in [3.8, 4) is 16.8 Å². The summed E-state index contributed by atoms with van der Waals surface area (Å²) in [7, 11) is 0. The molecule has 3 aromatic heterocycles. The number of ether oxygens (including phenoxy) is 1. The highest BCUT2D eigenvalue weighted by molar-refractivity contribution is 9.10. The van der Waals surface area contributed by atoms with E-state index in [1.807, 2.05) is 6.07 Å². The molecule has 4 heterocycles. The van der Waals surface area contributed by atoms with E-state index in [4.69, 9.17) is 21.6 Å². The number of thiazole rings is 1. The molecule has 0 bridgehead atoms. The number of nitriles is 1. The topological polar surface area (TPSA) is 150 Å². The van der Waals surface area contributed by atoms with Crippen molar-refractivity contribution in [3.63, 3.8) is 0 Å². The van der Waals surface area contributed by atoms with Crippen molar-refractivity contribution in [2.75, 3.05) is 6.61 Å². The van der Waals surface area contributed by atoms with Crippen molar-refractivity contribution >= 4 is 50.6 Å². The number of aromatic nitrogens is 5. The molecule has 31 heavy (non-hydrogen) atoms. The van der Waals surface area contributed by atoms with E-state index in [0.29, 0.717) is 25.2 Å². The van der Waals surface area contributed by atoms with E-state index in [1.54, 1.807) is 17.6 Å². The highest BCUT2D eigenvalue weighted by Crippen LogP contribution is 2.39. The zero-order chi connectivity index (χ0) is 22.1. The largest absolute Gasteiger partial charge is 0.394 e. The fraction of sp³-hybridized carbons (Fsp3) is 0.353. The third-order valence-corrected chi connectivity index (χ3v) is 7.44. The molecule has 3 unspecified atom stereocenters. The van der Waals surface area contributed by atoms with Crippen molar-refractivity contribution in [1.82, 2.24) is 25.0 Å². The number of pyridine rings is 1. The molecule has 162 valence electrons. The molecule has 1 aliphatic rings. The van der Waals surface area contributed by atoms with Gasteiger partial charge in [-0.05, 0) is 22.0 Å². The average molecular weight is 546 g/mol. The monoisotopic (exact) mass is 544 g/mol. The van der Waals surface area contributed by atoms with E-state index in [2.05, 4.69) is 36.2 Å². The van der Waals surface area contributed by atoms with Crippen LogP contribution in [0.4, 0.5) is 0 Å². The quantitative estimate of drug-likeness (QED) is 0.433. The third kappa shape index (κ3) is 4.62. The molecule has 5 atom stereocenters. The van der Waals surface area contributed by atoms with Gasteiger partial charge in [0.05, 0.1) is 17.3 Å². The van der Waals surface area contributed by atoms with Crippen LogP contribution in [0.5, 0.6) is 0 Å². The lowest BCUT2D eigenvalue weighted by atomic mass is 9.97. The first kappa shape index (κ1) is 22.6. The molecule has 0 spiro atoms. The van der Waals surface area contributed by atoms with Gasteiger partial charge in [-0.25, -0.2) is 14.6 Å². The summed E-state index contributed by atoms with van der Waals surface area (Å²) in [5.74, 6) is 0. The summed E-state index contributed by atoms with van der Waals surface area (Å²) in [5.41, 5.74) is -0.185. The van der Waals surface area contributed by atoms with Gasteiger partial charge in [-0.15, -0.1) is 16.4 Å². The number of aliphatic hydroxyl groups excluding tert-OH is 3. The molecule has 14 heteroatoms. The number of aliphatic hydroxyl groups is 3. The number of halogens is 2. The summed E-state index contributed by atoms with van der Waals surface area (Å²) in [6.45, 7) is -0.458. The Hall–Kier alpha value is -1.63. The first-order valence-corrected chi connectivity index (χ1v) is 11.7. The maximum atomic E-state index is 11.0. The summed E-state index contributed by atoms with van der Waals surface area (Å²) in [5, 5.41) is 51.0. The predicted molar refractivity (Wildman–Crippen MR) is 115 cm³/mol. The van der Waals surface area contributed by atoms with Crippen molar-refractivity contribution in [2.24, 2.45) is 0 Å². The number of nitrogens with zero attached hydrogens (tertiary/aromatic N) is 6. The molecule has 1 aliphatic heterocycles. The highest BCUT2D eigenvalue weighted by Gasteiger charge is 2.46. The number of hydrogen-bond donors (Lipinski definition) is 3. The molecule has 0 saturated carbocycles. The molecular weight excluding hydrogens is 532 g/mol. The lowest BCUT2D eigenvalue weighted by molar-refractivity contribution is -0.178. The standard InChI is InChI=1S/C17H14BrClN6O4S2/c18-8-1-7(3-21-9(8)2-20)31-17-15(28)13(14(27)11(5-26)29-17)25-4-10(23-24-25)16-22-12(19)6-30-16/h1,3-4,6,11,13-15,17,26-28H,5H2/t11?,13?,14-,15?,17+/m0/s1. The van der Waals surface area contributed by atoms with Gasteiger partial charge >= 0.3 is 0 Å². The van der Waals surface area contributed by atoms with Gasteiger partial charge in [-0.3, -0.25) is 0 Å². The first-order valence-electron chi connectivity index (χ1n) is 8.79. The molecule has 0 amide bonds. The molecule has 10 nitrogen and oxygen atoms in total. The van der Waals surface area contributed by atoms with Crippen LogP contribution in [0, 0.1) is 11.3 Å². The minimum Gasteiger partial charge on any atom is -0.394 e. The molecule has 1 saturated heterocycles.